The highest BCUT2D eigenvalue weighted by Crippen LogP contribution is 2.25. The molecule has 35 heavy (non-hydrogen) atoms. The van der Waals surface area contributed by atoms with Crippen LogP contribution in [0.25, 0.3) is 0 Å². The second-order valence-electron chi connectivity index (χ2n) is 8.07. The molecule has 0 atom stereocenters. The van der Waals surface area contributed by atoms with E-state index in [1.54, 1.807) is 24.3 Å². The zero-order valence-corrected chi connectivity index (χ0v) is 19.8. The van der Waals surface area contributed by atoms with Gasteiger partial charge in [-0.2, -0.15) is 20.5 Å². The zero-order valence-electron chi connectivity index (χ0n) is 19.8. The molecule has 0 amide bonds. The van der Waals surface area contributed by atoms with Crippen LogP contribution in [0.15, 0.2) is 93.3 Å². The number of anilines is 1. The fourth-order valence-corrected chi connectivity index (χ4v) is 3.43. The van der Waals surface area contributed by atoms with Crippen molar-refractivity contribution in [1.82, 2.24) is 0 Å². The highest BCUT2D eigenvalue weighted by Gasteiger charge is 2.10. The smallest absolute Gasteiger partial charge is 0.338 e. The van der Waals surface area contributed by atoms with Gasteiger partial charge in [-0.15, -0.1) is 0 Å². The van der Waals surface area contributed by atoms with Crippen molar-refractivity contribution in [3.05, 3.63) is 78.4 Å². The third-order valence-electron chi connectivity index (χ3n) is 5.47. The van der Waals surface area contributed by atoms with Crippen LogP contribution in [0.4, 0.5) is 28.4 Å². The van der Waals surface area contributed by atoms with Crippen LogP contribution in [0.2, 0.25) is 0 Å². The molecule has 180 valence electrons. The highest BCUT2D eigenvalue weighted by molar-refractivity contribution is 5.89. The third kappa shape index (κ3) is 7.28. The van der Waals surface area contributed by atoms with Crippen LogP contribution >= 0.6 is 0 Å². The molecule has 3 aromatic carbocycles. The number of carbonyl (C=O) groups is 1. The molecule has 0 radical (unpaired) electrons. The monoisotopic (exact) mass is 471 g/mol. The summed E-state index contributed by atoms with van der Waals surface area (Å²) in [6, 6.07) is 22.3. The Labute approximate surface area is 205 Å². The van der Waals surface area contributed by atoms with E-state index in [9.17, 15) is 4.79 Å². The quantitative estimate of drug-likeness (QED) is 0.186. The van der Waals surface area contributed by atoms with Crippen LogP contribution < -0.4 is 4.90 Å². The van der Waals surface area contributed by atoms with E-state index in [1.807, 2.05) is 36.4 Å². The van der Waals surface area contributed by atoms with Crippen LogP contribution in [-0.2, 0) is 9.47 Å². The number of ether oxygens (including phenoxy) is 2. The number of rotatable bonds is 9. The number of hydrogen-bond acceptors (Lipinski definition) is 8. The summed E-state index contributed by atoms with van der Waals surface area (Å²) >= 11 is 0. The SMILES string of the molecule is CCCCOC(=O)c1ccc(N=Nc2ccc(N=Nc3ccc(N4CCOCC4)cc3)cc2)cc1. The van der Waals surface area contributed by atoms with E-state index in [-0.39, 0.29) is 5.97 Å². The number of azo groups is 2. The summed E-state index contributed by atoms with van der Waals surface area (Å²) in [4.78, 5) is 14.3. The van der Waals surface area contributed by atoms with Gasteiger partial charge in [-0.3, -0.25) is 0 Å². The maximum atomic E-state index is 12.0. The van der Waals surface area contributed by atoms with Gasteiger partial charge in [0.15, 0.2) is 0 Å². The minimum atomic E-state index is -0.320. The van der Waals surface area contributed by atoms with E-state index in [1.165, 1.54) is 5.69 Å². The minimum absolute atomic E-state index is 0.320. The summed E-state index contributed by atoms with van der Waals surface area (Å²) in [5.41, 5.74) is 4.55. The summed E-state index contributed by atoms with van der Waals surface area (Å²) < 4.78 is 10.6. The van der Waals surface area contributed by atoms with Gasteiger partial charge < -0.3 is 14.4 Å². The Morgan fingerprint density at radius 1 is 0.771 bits per heavy atom. The number of morpholine rings is 1. The number of carbonyl (C=O) groups excluding carboxylic acids is 1. The van der Waals surface area contributed by atoms with Crippen molar-refractivity contribution >= 4 is 34.4 Å². The lowest BCUT2D eigenvalue weighted by Crippen LogP contribution is -2.36. The van der Waals surface area contributed by atoms with Gasteiger partial charge in [0.1, 0.15) is 0 Å². The lowest BCUT2D eigenvalue weighted by atomic mass is 10.2. The van der Waals surface area contributed by atoms with Gasteiger partial charge in [-0.1, -0.05) is 13.3 Å². The second kappa shape index (κ2) is 12.5. The Morgan fingerprint density at radius 2 is 1.23 bits per heavy atom. The first-order valence-electron chi connectivity index (χ1n) is 11.8. The van der Waals surface area contributed by atoms with Crippen LogP contribution in [0.5, 0.6) is 0 Å². The standard InChI is InChI=1S/C27H29N5O3/c1-2-3-18-35-27(33)21-4-6-22(7-5-21)28-29-23-8-10-24(11-9-23)30-31-25-12-14-26(15-13-25)32-16-19-34-20-17-32/h4-15H,2-3,16-20H2,1H3. The summed E-state index contributed by atoms with van der Waals surface area (Å²) in [5, 5.41) is 17.1. The number of benzene rings is 3. The van der Waals surface area contributed by atoms with Crippen LogP contribution in [-0.4, -0.2) is 38.9 Å². The molecule has 8 heteroatoms. The molecule has 1 aliphatic rings. The number of unbranched alkanes of at least 4 members (excludes halogenated alkanes) is 1. The van der Waals surface area contributed by atoms with Gasteiger partial charge in [0.25, 0.3) is 0 Å². The first-order chi connectivity index (χ1) is 17.2. The van der Waals surface area contributed by atoms with Crippen molar-refractivity contribution in [3.8, 4) is 0 Å². The Kier molecular flexibility index (Phi) is 8.67. The van der Waals surface area contributed by atoms with E-state index in [4.69, 9.17) is 9.47 Å². The van der Waals surface area contributed by atoms with Crippen molar-refractivity contribution in [2.75, 3.05) is 37.8 Å². The third-order valence-corrected chi connectivity index (χ3v) is 5.47. The summed E-state index contributed by atoms with van der Waals surface area (Å²) in [5.74, 6) is -0.320. The van der Waals surface area contributed by atoms with E-state index in [2.05, 4.69) is 44.4 Å². The predicted octanol–water partition coefficient (Wildman–Crippen LogP) is 7.31. The molecule has 1 aliphatic heterocycles. The van der Waals surface area contributed by atoms with Gasteiger partial charge in [0.05, 0.1) is 48.1 Å². The van der Waals surface area contributed by atoms with Crippen LogP contribution in [0, 0.1) is 0 Å². The molecular formula is C27H29N5O3. The van der Waals surface area contributed by atoms with Crippen molar-refractivity contribution in [2.24, 2.45) is 20.5 Å². The van der Waals surface area contributed by atoms with Crippen LogP contribution in [0.3, 0.4) is 0 Å². The Hall–Kier alpha value is -3.91. The Morgan fingerprint density at radius 3 is 1.71 bits per heavy atom. The summed E-state index contributed by atoms with van der Waals surface area (Å²) in [7, 11) is 0. The lowest BCUT2D eigenvalue weighted by molar-refractivity contribution is 0.0500. The summed E-state index contributed by atoms with van der Waals surface area (Å²) in [6.07, 6.45) is 1.85. The van der Waals surface area contributed by atoms with Crippen molar-refractivity contribution in [3.63, 3.8) is 0 Å². The molecule has 1 saturated heterocycles. The molecule has 0 aliphatic carbocycles. The van der Waals surface area contributed by atoms with E-state index < -0.39 is 0 Å². The predicted molar refractivity (Wildman–Crippen MR) is 136 cm³/mol. The largest absolute Gasteiger partial charge is 0.462 e. The normalized spacial score (nSPS) is 14.0. The van der Waals surface area contributed by atoms with Gasteiger partial charge in [-0.05, 0) is 79.2 Å². The zero-order chi connectivity index (χ0) is 24.3. The van der Waals surface area contributed by atoms with Gasteiger partial charge in [0, 0.05) is 18.8 Å². The first-order valence-corrected chi connectivity index (χ1v) is 11.8. The molecule has 0 spiro atoms. The fraction of sp³-hybridized carbons (Fsp3) is 0.296. The molecule has 0 N–H and O–H groups in total. The maximum Gasteiger partial charge on any atom is 0.338 e. The molecule has 0 aromatic heterocycles. The molecule has 0 saturated carbocycles. The topological polar surface area (TPSA) is 88.2 Å². The second-order valence-corrected chi connectivity index (χ2v) is 8.07. The van der Waals surface area contributed by atoms with Crippen molar-refractivity contribution < 1.29 is 14.3 Å². The minimum Gasteiger partial charge on any atom is -0.462 e. The Balaban J connectivity index is 1.30. The van der Waals surface area contributed by atoms with Crippen molar-refractivity contribution in [2.45, 2.75) is 19.8 Å². The lowest BCUT2D eigenvalue weighted by Gasteiger charge is -2.28. The molecule has 4 rings (SSSR count). The molecule has 0 bridgehead atoms. The maximum absolute atomic E-state index is 12.0. The van der Waals surface area contributed by atoms with Gasteiger partial charge in [0.2, 0.25) is 0 Å². The number of esters is 1. The average molecular weight is 472 g/mol. The van der Waals surface area contributed by atoms with Crippen molar-refractivity contribution in [1.29, 1.82) is 0 Å². The number of nitrogens with zero attached hydrogens (tertiary/aromatic N) is 5. The average Bonchev–Trinajstić information content (AvgIpc) is 2.92. The molecule has 0 unspecified atom stereocenters. The molecular weight excluding hydrogens is 442 g/mol. The Bertz CT molecular complexity index is 1140. The number of hydrogen-bond donors (Lipinski definition) is 0. The summed E-state index contributed by atoms with van der Waals surface area (Å²) in [6.45, 7) is 5.83. The highest BCUT2D eigenvalue weighted by atomic mass is 16.5. The van der Waals surface area contributed by atoms with E-state index in [0.29, 0.717) is 23.5 Å². The van der Waals surface area contributed by atoms with Gasteiger partial charge >= 0.3 is 5.97 Å². The molecule has 1 fully saturated rings. The molecule has 1 heterocycles. The molecule has 3 aromatic rings. The van der Waals surface area contributed by atoms with Crippen LogP contribution in [0.1, 0.15) is 30.1 Å². The van der Waals surface area contributed by atoms with Gasteiger partial charge in [-0.25, -0.2) is 4.79 Å². The first kappa shape index (κ1) is 24.2. The molecule has 8 nitrogen and oxygen atoms in total. The van der Waals surface area contributed by atoms with E-state index in [0.717, 1.165) is 50.5 Å². The van der Waals surface area contributed by atoms with E-state index >= 15 is 0 Å². The fourth-order valence-electron chi connectivity index (χ4n) is 3.43.